The van der Waals surface area contributed by atoms with Crippen LogP contribution in [-0.2, 0) is 13.6 Å². The Hall–Kier alpha value is -1.36. The summed E-state index contributed by atoms with van der Waals surface area (Å²) in [5.74, 6) is -0.936. The van der Waals surface area contributed by atoms with E-state index in [2.05, 4.69) is 30.8 Å². The third kappa shape index (κ3) is 2.82. The zero-order chi connectivity index (χ0) is 12.3. The van der Waals surface area contributed by atoms with Gasteiger partial charge in [0, 0.05) is 19.6 Å². The fourth-order valence-electron chi connectivity index (χ4n) is 1.67. The second-order valence-corrected chi connectivity index (χ2v) is 4.11. The molecule has 5 heteroatoms. The minimum Gasteiger partial charge on any atom is -0.477 e. The number of carboxylic acids is 1. The Morgan fingerprint density at radius 2 is 2.25 bits per heavy atom. The van der Waals surface area contributed by atoms with Gasteiger partial charge in [-0.05, 0) is 26.5 Å². The van der Waals surface area contributed by atoms with Gasteiger partial charge in [0.1, 0.15) is 5.69 Å². The lowest BCUT2D eigenvalue weighted by Crippen LogP contribution is -2.30. The van der Waals surface area contributed by atoms with Crippen LogP contribution in [0.5, 0.6) is 0 Å². The van der Waals surface area contributed by atoms with Crippen LogP contribution in [0.15, 0.2) is 6.07 Å². The molecule has 0 saturated carbocycles. The van der Waals surface area contributed by atoms with E-state index in [1.54, 1.807) is 13.1 Å². The number of hydrogen-bond donors (Lipinski definition) is 1. The van der Waals surface area contributed by atoms with E-state index in [1.165, 1.54) is 4.68 Å². The number of rotatable bonds is 5. The first kappa shape index (κ1) is 12.7. The largest absolute Gasteiger partial charge is 0.477 e. The third-order valence-corrected chi connectivity index (χ3v) is 2.65. The van der Waals surface area contributed by atoms with Crippen LogP contribution in [0.4, 0.5) is 0 Å². The van der Waals surface area contributed by atoms with Crippen molar-refractivity contribution in [3.05, 3.63) is 17.5 Å². The monoisotopic (exact) mass is 225 g/mol. The molecule has 0 bridgehead atoms. The van der Waals surface area contributed by atoms with Gasteiger partial charge in [-0.2, -0.15) is 5.10 Å². The third-order valence-electron chi connectivity index (χ3n) is 2.65. The summed E-state index contributed by atoms with van der Waals surface area (Å²) in [6.07, 6.45) is 0. The van der Waals surface area contributed by atoms with E-state index < -0.39 is 5.97 Å². The molecule has 16 heavy (non-hydrogen) atoms. The Morgan fingerprint density at radius 1 is 1.62 bits per heavy atom. The van der Waals surface area contributed by atoms with Crippen LogP contribution in [0.3, 0.4) is 0 Å². The van der Waals surface area contributed by atoms with E-state index in [0.717, 1.165) is 12.2 Å². The van der Waals surface area contributed by atoms with Gasteiger partial charge in [0.25, 0.3) is 0 Å². The second-order valence-electron chi connectivity index (χ2n) is 4.11. The lowest BCUT2D eigenvalue weighted by atomic mass is 10.2. The number of aryl methyl sites for hydroxylation is 1. The van der Waals surface area contributed by atoms with Gasteiger partial charge >= 0.3 is 5.97 Å². The standard InChI is InChI=1S/C11H19N3O2/c1-5-14(8(2)3)7-9-6-10(11(15)16)13(4)12-9/h6,8H,5,7H2,1-4H3,(H,15,16). The van der Waals surface area contributed by atoms with E-state index in [0.29, 0.717) is 12.6 Å². The van der Waals surface area contributed by atoms with Crippen molar-refractivity contribution in [2.24, 2.45) is 7.05 Å². The van der Waals surface area contributed by atoms with E-state index in [1.807, 2.05) is 0 Å². The highest BCUT2D eigenvalue weighted by atomic mass is 16.4. The Morgan fingerprint density at radius 3 is 2.62 bits per heavy atom. The molecule has 0 aliphatic heterocycles. The lowest BCUT2D eigenvalue weighted by Gasteiger charge is -2.23. The van der Waals surface area contributed by atoms with Gasteiger partial charge in [0.15, 0.2) is 0 Å². The fourth-order valence-corrected chi connectivity index (χ4v) is 1.67. The minimum absolute atomic E-state index is 0.231. The average molecular weight is 225 g/mol. The summed E-state index contributed by atoms with van der Waals surface area (Å²) in [5, 5.41) is 13.1. The molecule has 0 atom stereocenters. The quantitative estimate of drug-likeness (QED) is 0.821. The van der Waals surface area contributed by atoms with Crippen molar-refractivity contribution in [2.45, 2.75) is 33.4 Å². The SMILES string of the molecule is CCN(Cc1cc(C(=O)O)n(C)n1)C(C)C. The van der Waals surface area contributed by atoms with Gasteiger partial charge < -0.3 is 5.11 Å². The maximum atomic E-state index is 10.8. The van der Waals surface area contributed by atoms with Crippen LogP contribution in [0.25, 0.3) is 0 Å². The highest BCUT2D eigenvalue weighted by Crippen LogP contribution is 2.08. The zero-order valence-electron chi connectivity index (χ0n) is 10.3. The van der Waals surface area contributed by atoms with Crippen LogP contribution in [0.2, 0.25) is 0 Å². The lowest BCUT2D eigenvalue weighted by molar-refractivity contribution is 0.0685. The molecule has 1 aromatic rings. The Labute approximate surface area is 95.7 Å². The first-order valence-corrected chi connectivity index (χ1v) is 5.46. The van der Waals surface area contributed by atoms with Gasteiger partial charge in [-0.1, -0.05) is 6.92 Å². The molecular formula is C11H19N3O2. The number of aromatic nitrogens is 2. The Balaban J connectivity index is 2.82. The molecule has 0 aliphatic rings. The summed E-state index contributed by atoms with van der Waals surface area (Å²) >= 11 is 0. The van der Waals surface area contributed by atoms with Crippen LogP contribution in [0.1, 0.15) is 37.0 Å². The number of nitrogens with zero attached hydrogens (tertiary/aromatic N) is 3. The molecule has 1 heterocycles. The predicted molar refractivity (Wildman–Crippen MR) is 61.4 cm³/mol. The molecule has 0 aliphatic carbocycles. The molecule has 0 saturated heterocycles. The molecule has 0 aromatic carbocycles. The van der Waals surface area contributed by atoms with Crippen LogP contribution in [-0.4, -0.2) is 38.3 Å². The Bertz CT molecular complexity index is 371. The van der Waals surface area contributed by atoms with Gasteiger partial charge in [-0.25, -0.2) is 4.79 Å². The summed E-state index contributed by atoms with van der Waals surface area (Å²) < 4.78 is 1.41. The van der Waals surface area contributed by atoms with Crippen LogP contribution < -0.4 is 0 Å². The molecule has 0 unspecified atom stereocenters. The molecule has 0 fully saturated rings. The highest BCUT2D eigenvalue weighted by molar-refractivity contribution is 5.85. The van der Waals surface area contributed by atoms with E-state index in [-0.39, 0.29) is 5.69 Å². The van der Waals surface area contributed by atoms with Crippen molar-refractivity contribution in [3.8, 4) is 0 Å². The van der Waals surface area contributed by atoms with Crippen molar-refractivity contribution in [1.82, 2.24) is 14.7 Å². The van der Waals surface area contributed by atoms with Gasteiger partial charge in [0.05, 0.1) is 5.69 Å². The molecule has 0 radical (unpaired) electrons. The summed E-state index contributed by atoms with van der Waals surface area (Å²) in [4.78, 5) is 13.1. The van der Waals surface area contributed by atoms with Crippen LogP contribution >= 0.6 is 0 Å². The second kappa shape index (κ2) is 5.12. The summed E-state index contributed by atoms with van der Waals surface area (Å²) in [6.45, 7) is 7.93. The maximum Gasteiger partial charge on any atom is 0.354 e. The van der Waals surface area contributed by atoms with Crippen LogP contribution in [0, 0.1) is 0 Å². The number of hydrogen-bond acceptors (Lipinski definition) is 3. The molecular weight excluding hydrogens is 206 g/mol. The molecule has 1 rings (SSSR count). The van der Waals surface area contributed by atoms with Crippen molar-refractivity contribution in [3.63, 3.8) is 0 Å². The molecule has 1 aromatic heterocycles. The molecule has 90 valence electrons. The normalized spacial score (nSPS) is 11.4. The van der Waals surface area contributed by atoms with Crippen molar-refractivity contribution < 1.29 is 9.90 Å². The highest BCUT2D eigenvalue weighted by Gasteiger charge is 2.14. The predicted octanol–water partition coefficient (Wildman–Crippen LogP) is 1.35. The summed E-state index contributed by atoms with van der Waals surface area (Å²) in [5.41, 5.74) is 1.03. The van der Waals surface area contributed by atoms with Gasteiger partial charge in [-0.3, -0.25) is 9.58 Å². The van der Waals surface area contributed by atoms with E-state index in [9.17, 15) is 4.79 Å². The van der Waals surface area contributed by atoms with Gasteiger partial charge in [-0.15, -0.1) is 0 Å². The smallest absolute Gasteiger partial charge is 0.354 e. The van der Waals surface area contributed by atoms with E-state index >= 15 is 0 Å². The molecule has 1 N–H and O–H groups in total. The zero-order valence-corrected chi connectivity index (χ0v) is 10.3. The number of carbonyl (C=O) groups is 1. The van der Waals surface area contributed by atoms with Crippen molar-refractivity contribution >= 4 is 5.97 Å². The first-order chi connectivity index (χ1) is 7.45. The minimum atomic E-state index is -0.936. The molecule has 5 nitrogen and oxygen atoms in total. The summed E-state index contributed by atoms with van der Waals surface area (Å²) in [7, 11) is 1.65. The Kier molecular flexibility index (Phi) is 4.06. The topological polar surface area (TPSA) is 58.4 Å². The molecule has 0 amide bonds. The van der Waals surface area contributed by atoms with Gasteiger partial charge in [0.2, 0.25) is 0 Å². The molecule has 0 spiro atoms. The maximum absolute atomic E-state index is 10.8. The first-order valence-electron chi connectivity index (χ1n) is 5.46. The number of carboxylic acid groups (broad SMARTS) is 1. The van der Waals surface area contributed by atoms with E-state index in [4.69, 9.17) is 5.11 Å². The van der Waals surface area contributed by atoms with Crippen molar-refractivity contribution in [2.75, 3.05) is 6.54 Å². The fraction of sp³-hybridized carbons (Fsp3) is 0.636. The average Bonchev–Trinajstić information content (AvgIpc) is 2.55. The number of aromatic carboxylic acids is 1. The summed E-state index contributed by atoms with van der Waals surface area (Å²) in [6, 6.07) is 2.06. The van der Waals surface area contributed by atoms with Crippen molar-refractivity contribution in [1.29, 1.82) is 0 Å².